The van der Waals surface area contributed by atoms with Crippen molar-refractivity contribution in [2.45, 2.75) is 0 Å². The Balaban J connectivity index is 2.12. The summed E-state index contributed by atoms with van der Waals surface area (Å²) in [6.07, 6.45) is 1.39. The second kappa shape index (κ2) is 6.26. The molecule has 108 valence electrons. The number of benzene rings is 1. The molecule has 0 atom stereocenters. The number of hydroxylamine groups is 1. The molecule has 1 amide bonds. The van der Waals surface area contributed by atoms with Gasteiger partial charge in [0.1, 0.15) is 5.69 Å². The minimum absolute atomic E-state index is 0.217. The molecule has 6 heteroatoms. The fourth-order valence-corrected chi connectivity index (χ4v) is 2.51. The van der Waals surface area contributed by atoms with Crippen molar-refractivity contribution in [3.8, 4) is 17.5 Å². The monoisotopic (exact) mass is 309 g/mol. The van der Waals surface area contributed by atoms with Crippen molar-refractivity contribution >= 4 is 17.2 Å². The van der Waals surface area contributed by atoms with Crippen molar-refractivity contribution in [3.05, 3.63) is 70.2 Å². The average Bonchev–Trinajstić information content (AvgIpc) is 3.22. The fraction of sp³-hybridized carbons (Fsp3) is 0. The summed E-state index contributed by atoms with van der Waals surface area (Å²) < 4.78 is 1.57. The molecule has 2 heterocycles. The van der Waals surface area contributed by atoms with E-state index >= 15 is 0 Å². The molecule has 3 aromatic rings. The largest absolute Gasteiger partial charge is 0.288 e. The van der Waals surface area contributed by atoms with Gasteiger partial charge in [0.05, 0.1) is 17.4 Å². The van der Waals surface area contributed by atoms with Crippen LogP contribution in [0.15, 0.2) is 53.4 Å². The topological polar surface area (TPSA) is 67.2 Å². The van der Waals surface area contributed by atoms with Gasteiger partial charge >= 0.3 is 0 Å². The predicted octanol–water partition coefficient (Wildman–Crippen LogP) is 2.45. The van der Waals surface area contributed by atoms with E-state index in [2.05, 4.69) is 16.9 Å². The quantitative estimate of drug-likeness (QED) is 0.434. The SMILES string of the molecule is O=C(NO)c1cnn(-c2ccccc2)c1C#Cc1ccsc1. The van der Waals surface area contributed by atoms with E-state index in [9.17, 15) is 4.79 Å². The molecular formula is C16H11N3O2S. The Labute approximate surface area is 130 Å². The first-order chi connectivity index (χ1) is 10.8. The highest BCUT2D eigenvalue weighted by Gasteiger charge is 2.16. The molecule has 1 aromatic carbocycles. The number of amides is 1. The molecule has 0 unspecified atom stereocenters. The maximum absolute atomic E-state index is 11.8. The lowest BCUT2D eigenvalue weighted by molar-refractivity contribution is 0.0706. The number of nitrogens with zero attached hydrogens (tertiary/aromatic N) is 2. The highest BCUT2D eigenvalue weighted by atomic mass is 32.1. The Morgan fingerprint density at radius 1 is 1.23 bits per heavy atom. The first-order valence-electron chi connectivity index (χ1n) is 6.41. The Kier molecular flexibility index (Phi) is 4.01. The van der Waals surface area contributed by atoms with E-state index in [-0.39, 0.29) is 5.56 Å². The van der Waals surface area contributed by atoms with E-state index in [0.29, 0.717) is 5.69 Å². The van der Waals surface area contributed by atoms with Crippen molar-refractivity contribution in [1.82, 2.24) is 15.3 Å². The van der Waals surface area contributed by atoms with E-state index in [4.69, 9.17) is 5.21 Å². The van der Waals surface area contributed by atoms with Crippen molar-refractivity contribution in [2.75, 3.05) is 0 Å². The molecule has 0 radical (unpaired) electrons. The second-order valence-corrected chi connectivity index (χ2v) is 5.14. The standard InChI is InChI=1S/C16H11N3O2S/c20-16(18-21)14-10-17-19(13-4-2-1-3-5-13)15(14)7-6-12-8-9-22-11-12/h1-5,8-11,21H,(H,18,20). The Hall–Kier alpha value is -2.88. The zero-order valence-corrected chi connectivity index (χ0v) is 12.2. The summed E-state index contributed by atoms with van der Waals surface area (Å²) in [6.45, 7) is 0. The van der Waals surface area contributed by atoms with E-state index in [1.807, 2.05) is 47.2 Å². The van der Waals surface area contributed by atoms with Gasteiger partial charge in [0.2, 0.25) is 0 Å². The van der Waals surface area contributed by atoms with Gasteiger partial charge in [-0.1, -0.05) is 24.1 Å². The fourth-order valence-electron chi connectivity index (χ4n) is 1.93. The van der Waals surface area contributed by atoms with Gasteiger partial charge in [-0.25, -0.2) is 10.2 Å². The van der Waals surface area contributed by atoms with E-state index < -0.39 is 5.91 Å². The van der Waals surface area contributed by atoms with Crippen LogP contribution >= 0.6 is 11.3 Å². The number of carbonyl (C=O) groups excluding carboxylic acids is 1. The van der Waals surface area contributed by atoms with Gasteiger partial charge in [-0.15, -0.1) is 0 Å². The van der Waals surface area contributed by atoms with Crippen molar-refractivity contribution in [3.63, 3.8) is 0 Å². The van der Waals surface area contributed by atoms with Crippen LogP contribution in [-0.4, -0.2) is 20.9 Å². The highest BCUT2D eigenvalue weighted by Crippen LogP contribution is 2.14. The van der Waals surface area contributed by atoms with Gasteiger partial charge < -0.3 is 0 Å². The van der Waals surface area contributed by atoms with Crippen molar-refractivity contribution in [2.24, 2.45) is 0 Å². The summed E-state index contributed by atoms with van der Waals surface area (Å²) in [6, 6.07) is 11.3. The van der Waals surface area contributed by atoms with Crippen LogP contribution in [0.1, 0.15) is 21.6 Å². The van der Waals surface area contributed by atoms with Gasteiger partial charge in [-0.2, -0.15) is 16.4 Å². The molecule has 2 N–H and O–H groups in total. The third kappa shape index (κ3) is 2.76. The minimum Gasteiger partial charge on any atom is -0.288 e. The van der Waals surface area contributed by atoms with Gasteiger partial charge in [0, 0.05) is 10.9 Å². The number of nitrogens with one attached hydrogen (secondary N) is 1. The van der Waals surface area contributed by atoms with Gasteiger partial charge in [0.15, 0.2) is 0 Å². The number of thiophene rings is 1. The lowest BCUT2D eigenvalue weighted by atomic mass is 10.2. The molecule has 0 saturated heterocycles. The molecule has 0 aliphatic rings. The van der Waals surface area contributed by atoms with Crippen LogP contribution in [0.4, 0.5) is 0 Å². The van der Waals surface area contributed by atoms with Crippen LogP contribution in [0.25, 0.3) is 5.69 Å². The van der Waals surface area contributed by atoms with Crippen molar-refractivity contribution < 1.29 is 10.0 Å². The predicted molar refractivity (Wildman–Crippen MR) is 83.1 cm³/mol. The van der Waals surface area contributed by atoms with Crippen molar-refractivity contribution in [1.29, 1.82) is 0 Å². The lowest BCUT2D eigenvalue weighted by Gasteiger charge is -2.03. The number of para-hydroxylation sites is 1. The Morgan fingerprint density at radius 2 is 2.05 bits per heavy atom. The summed E-state index contributed by atoms with van der Waals surface area (Å²) in [7, 11) is 0. The smallest absolute Gasteiger partial charge is 0.279 e. The number of rotatable bonds is 2. The van der Waals surface area contributed by atoms with Gasteiger partial charge in [-0.3, -0.25) is 10.0 Å². The maximum atomic E-state index is 11.8. The van der Waals surface area contributed by atoms with Crippen LogP contribution in [0.2, 0.25) is 0 Å². The number of carbonyl (C=O) groups is 1. The Morgan fingerprint density at radius 3 is 2.73 bits per heavy atom. The van der Waals surface area contributed by atoms with E-state index in [0.717, 1.165) is 11.3 Å². The molecule has 0 aliphatic heterocycles. The molecule has 3 rings (SSSR count). The second-order valence-electron chi connectivity index (χ2n) is 4.36. The zero-order chi connectivity index (χ0) is 15.4. The molecule has 0 aliphatic carbocycles. The van der Waals surface area contributed by atoms with E-state index in [1.54, 1.807) is 21.5 Å². The summed E-state index contributed by atoms with van der Waals surface area (Å²) in [5.74, 6) is 5.32. The zero-order valence-electron chi connectivity index (χ0n) is 11.4. The minimum atomic E-state index is -0.642. The molecule has 5 nitrogen and oxygen atoms in total. The van der Waals surface area contributed by atoms with E-state index in [1.165, 1.54) is 6.20 Å². The maximum Gasteiger partial charge on any atom is 0.279 e. The van der Waals surface area contributed by atoms with Crippen LogP contribution < -0.4 is 5.48 Å². The van der Waals surface area contributed by atoms with Gasteiger partial charge in [-0.05, 0) is 29.5 Å². The third-order valence-electron chi connectivity index (χ3n) is 2.96. The molecule has 0 fully saturated rings. The van der Waals surface area contributed by atoms with Crippen LogP contribution in [0.5, 0.6) is 0 Å². The van der Waals surface area contributed by atoms with Gasteiger partial charge in [0.25, 0.3) is 5.91 Å². The molecule has 22 heavy (non-hydrogen) atoms. The first-order valence-corrected chi connectivity index (χ1v) is 7.36. The summed E-state index contributed by atoms with van der Waals surface area (Å²) in [5, 5.41) is 16.9. The number of aromatic nitrogens is 2. The summed E-state index contributed by atoms with van der Waals surface area (Å²) in [4.78, 5) is 11.8. The molecule has 0 saturated carbocycles. The first kappa shape index (κ1) is 14.1. The number of hydrogen-bond acceptors (Lipinski definition) is 4. The molecule has 0 bridgehead atoms. The van der Waals surface area contributed by atoms with Crippen LogP contribution in [0, 0.1) is 11.8 Å². The molecule has 0 spiro atoms. The lowest BCUT2D eigenvalue weighted by Crippen LogP contribution is -2.19. The van der Waals surface area contributed by atoms with Crippen LogP contribution in [0.3, 0.4) is 0 Å². The van der Waals surface area contributed by atoms with Crippen LogP contribution in [-0.2, 0) is 0 Å². The average molecular weight is 309 g/mol. The molecule has 2 aromatic heterocycles. The number of hydrogen-bond donors (Lipinski definition) is 2. The normalized spacial score (nSPS) is 9.86. The third-order valence-corrected chi connectivity index (χ3v) is 3.65. The summed E-state index contributed by atoms with van der Waals surface area (Å²) >= 11 is 1.55. The highest BCUT2D eigenvalue weighted by molar-refractivity contribution is 7.08. The Bertz CT molecular complexity index is 843. The molecular weight excluding hydrogens is 298 g/mol. The summed E-state index contributed by atoms with van der Waals surface area (Å²) in [5.41, 5.74) is 3.91.